The molecule has 0 bridgehead atoms. The number of allylic oxidation sites excluding steroid dienone is 4. The third-order valence-electron chi connectivity index (χ3n) is 2.96. The SMILES string of the molecule is CCC(C)C(=Cc1ccccc1)/C=C/C=C/CO. The topological polar surface area (TPSA) is 20.2 Å². The number of benzene rings is 1. The van der Waals surface area contributed by atoms with Gasteiger partial charge < -0.3 is 5.11 Å². The van der Waals surface area contributed by atoms with Crippen molar-refractivity contribution in [3.63, 3.8) is 0 Å². The van der Waals surface area contributed by atoms with Crippen molar-refractivity contribution in [3.8, 4) is 0 Å². The fourth-order valence-electron chi connectivity index (χ4n) is 1.64. The summed E-state index contributed by atoms with van der Waals surface area (Å²) in [6.07, 6.45) is 11.0. The van der Waals surface area contributed by atoms with Crippen LogP contribution in [-0.4, -0.2) is 11.7 Å². The first-order chi connectivity index (χ1) is 8.77. The zero-order valence-corrected chi connectivity index (χ0v) is 11.2. The summed E-state index contributed by atoms with van der Waals surface area (Å²) in [5.74, 6) is 0.531. The minimum atomic E-state index is 0.0887. The molecule has 0 heterocycles. The van der Waals surface area contributed by atoms with Crippen LogP contribution in [0.2, 0.25) is 0 Å². The van der Waals surface area contributed by atoms with Gasteiger partial charge in [0.25, 0.3) is 0 Å². The van der Waals surface area contributed by atoms with Gasteiger partial charge in [-0.15, -0.1) is 0 Å². The lowest BCUT2D eigenvalue weighted by Crippen LogP contribution is -1.94. The highest BCUT2D eigenvalue weighted by atomic mass is 16.2. The molecule has 0 saturated heterocycles. The molecule has 0 saturated carbocycles. The maximum absolute atomic E-state index is 8.69. The van der Waals surface area contributed by atoms with Crippen molar-refractivity contribution in [2.24, 2.45) is 5.92 Å². The summed E-state index contributed by atoms with van der Waals surface area (Å²) in [6.45, 7) is 4.52. The van der Waals surface area contributed by atoms with Crippen molar-refractivity contribution in [1.29, 1.82) is 0 Å². The Labute approximate surface area is 110 Å². The first-order valence-corrected chi connectivity index (χ1v) is 6.48. The standard InChI is InChI=1S/C17H22O/c1-3-15(2)17(12-8-5-9-13-18)14-16-10-6-4-7-11-16/h4-12,14-15,18H,3,13H2,1-2H3/b9-5+,12-8+,17-14?. The molecule has 96 valence electrons. The summed E-state index contributed by atoms with van der Waals surface area (Å²) in [7, 11) is 0. The molecule has 1 N–H and O–H groups in total. The van der Waals surface area contributed by atoms with E-state index in [9.17, 15) is 0 Å². The molecule has 1 heteroatoms. The maximum Gasteiger partial charge on any atom is 0.0615 e. The zero-order chi connectivity index (χ0) is 13.2. The molecule has 0 aliphatic heterocycles. The van der Waals surface area contributed by atoms with Crippen LogP contribution in [0.5, 0.6) is 0 Å². The van der Waals surface area contributed by atoms with E-state index in [0.717, 1.165) is 6.42 Å². The van der Waals surface area contributed by atoms with E-state index in [0.29, 0.717) is 5.92 Å². The van der Waals surface area contributed by atoms with E-state index in [-0.39, 0.29) is 6.61 Å². The van der Waals surface area contributed by atoms with E-state index in [1.54, 1.807) is 6.08 Å². The summed E-state index contributed by atoms with van der Waals surface area (Å²) in [6, 6.07) is 10.4. The molecule has 1 rings (SSSR count). The van der Waals surface area contributed by atoms with E-state index in [2.05, 4.69) is 50.3 Å². The van der Waals surface area contributed by atoms with Gasteiger partial charge in [0.2, 0.25) is 0 Å². The molecule has 0 fully saturated rings. The van der Waals surface area contributed by atoms with Gasteiger partial charge in [0.05, 0.1) is 6.61 Å². The smallest absolute Gasteiger partial charge is 0.0615 e. The average Bonchev–Trinajstić information content (AvgIpc) is 2.42. The van der Waals surface area contributed by atoms with E-state index in [4.69, 9.17) is 5.11 Å². The van der Waals surface area contributed by atoms with Gasteiger partial charge >= 0.3 is 0 Å². The average molecular weight is 242 g/mol. The van der Waals surface area contributed by atoms with Gasteiger partial charge in [-0.05, 0) is 23.5 Å². The molecule has 1 aromatic rings. The normalized spacial score (nSPS) is 14.5. The summed E-state index contributed by atoms with van der Waals surface area (Å²) >= 11 is 0. The van der Waals surface area contributed by atoms with Crippen molar-refractivity contribution in [2.45, 2.75) is 20.3 Å². The highest BCUT2D eigenvalue weighted by molar-refractivity contribution is 5.56. The maximum atomic E-state index is 8.69. The van der Waals surface area contributed by atoms with E-state index >= 15 is 0 Å². The fourth-order valence-corrected chi connectivity index (χ4v) is 1.64. The van der Waals surface area contributed by atoms with Gasteiger partial charge in [0.1, 0.15) is 0 Å². The second-order valence-electron chi connectivity index (χ2n) is 4.33. The first kappa shape index (κ1) is 14.5. The van der Waals surface area contributed by atoms with Crippen LogP contribution >= 0.6 is 0 Å². The van der Waals surface area contributed by atoms with E-state index in [1.807, 2.05) is 18.2 Å². The lowest BCUT2D eigenvalue weighted by Gasteiger charge is -2.10. The summed E-state index contributed by atoms with van der Waals surface area (Å²) in [4.78, 5) is 0. The van der Waals surface area contributed by atoms with E-state index < -0.39 is 0 Å². The minimum absolute atomic E-state index is 0.0887. The van der Waals surface area contributed by atoms with Crippen molar-refractivity contribution in [2.75, 3.05) is 6.61 Å². The summed E-state index contributed by atoms with van der Waals surface area (Å²) in [5, 5.41) is 8.69. The number of hydrogen-bond donors (Lipinski definition) is 1. The molecular formula is C17H22O. The van der Waals surface area contributed by atoms with Crippen molar-refractivity contribution in [3.05, 3.63) is 65.8 Å². The Morgan fingerprint density at radius 3 is 2.56 bits per heavy atom. The van der Waals surface area contributed by atoms with Crippen LogP contribution in [-0.2, 0) is 0 Å². The molecule has 18 heavy (non-hydrogen) atoms. The molecular weight excluding hydrogens is 220 g/mol. The molecule has 1 aromatic carbocycles. The molecule has 0 aromatic heterocycles. The molecule has 0 spiro atoms. The van der Waals surface area contributed by atoms with Gasteiger partial charge in [0.15, 0.2) is 0 Å². The minimum Gasteiger partial charge on any atom is -0.392 e. The number of rotatable bonds is 6. The van der Waals surface area contributed by atoms with Crippen LogP contribution in [0.1, 0.15) is 25.8 Å². The Morgan fingerprint density at radius 2 is 1.94 bits per heavy atom. The Morgan fingerprint density at radius 1 is 1.22 bits per heavy atom. The summed E-state index contributed by atoms with van der Waals surface area (Å²) < 4.78 is 0. The predicted octanol–water partition coefficient (Wildman–Crippen LogP) is 4.22. The Balaban J connectivity index is 2.88. The van der Waals surface area contributed by atoms with Crippen LogP contribution in [0.4, 0.5) is 0 Å². The van der Waals surface area contributed by atoms with Gasteiger partial charge in [-0.3, -0.25) is 0 Å². The molecule has 1 nitrogen and oxygen atoms in total. The van der Waals surface area contributed by atoms with Crippen LogP contribution in [0, 0.1) is 5.92 Å². The molecule has 1 unspecified atom stereocenters. The number of aliphatic hydroxyl groups is 1. The number of aliphatic hydroxyl groups excluding tert-OH is 1. The highest BCUT2D eigenvalue weighted by Gasteiger charge is 2.02. The van der Waals surface area contributed by atoms with Crippen LogP contribution < -0.4 is 0 Å². The van der Waals surface area contributed by atoms with Crippen LogP contribution in [0.3, 0.4) is 0 Å². The third-order valence-corrected chi connectivity index (χ3v) is 2.96. The molecule has 0 radical (unpaired) electrons. The van der Waals surface area contributed by atoms with Gasteiger partial charge in [0, 0.05) is 0 Å². The lowest BCUT2D eigenvalue weighted by molar-refractivity contribution is 0.343. The van der Waals surface area contributed by atoms with Crippen molar-refractivity contribution in [1.82, 2.24) is 0 Å². The quantitative estimate of drug-likeness (QED) is 0.740. The van der Waals surface area contributed by atoms with Crippen LogP contribution in [0.25, 0.3) is 6.08 Å². The monoisotopic (exact) mass is 242 g/mol. The van der Waals surface area contributed by atoms with Gasteiger partial charge in [-0.25, -0.2) is 0 Å². The zero-order valence-electron chi connectivity index (χ0n) is 11.2. The summed E-state index contributed by atoms with van der Waals surface area (Å²) in [5.41, 5.74) is 2.54. The largest absolute Gasteiger partial charge is 0.392 e. The fraction of sp³-hybridized carbons (Fsp3) is 0.294. The molecule has 0 aliphatic rings. The Hall–Kier alpha value is -1.60. The van der Waals surface area contributed by atoms with Crippen molar-refractivity contribution < 1.29 is 5.11 Å². The van der Waals surface area contributed by atoms with Crippen molar-refractivity contribution >= 4 is 6.08 Å². The van der Waals surface area contributed by atoms with E-state index in [1.165, 1.54) is 11.1 Å². The highest BCUT2D eigenvalue weighted by Crippen LogP contribution is 2.19. The molecule has 0 aliphatic carbocycles. The molecule has 1 atom stereocenters. The first-order valence-electron chi connectivity index (χ1n) is 6.48. The second-order valence-corrected chi connectivity index (χ2v) is 4.33. The predicted molar refractivity (Wildman–Crippen MR) is 79.2 cm³/mol. The van der Waals surface area contributed by atoms with Gasteiger partial charge in [-0.1, -0.05) is 74.6 Å². The van der Waals surface area contributed by atoms with Gasteiger partial charge in [-0.2, -0.15) is 0 Å². The third kappa shape index (κ3) is 5.15. The Kier molecular flexibility index (Phi) is 6.82. The van der Waals surface area contributed by atoms with Crippen LogP contribution in [0.15, 0.2) is 60.2 Å². The molecule has 0 amide bonds. The lowest BCUT2D eigenvalue weighted by atomic mass is 9.96. The Bertz CT molecular complexity index is 412. The second kappa shape index (κ2) is 8.48. The number of hydrogen-bond acceptors (Lipinski definition) is 1.